The zero-order valence-corrected chi connectivity index (χ0v) is 18.4. The van der Waals surface area contributed by atoms with Crippen molar-refractivity contribution < 1.29 is 18.6 Å². The van der Waals surface area contributed by atoms with Crippen LogP contribution < -0.4 is 0 Å². The van der Waals surface area contributed by atoms with Crippen molar-refractivity contribution in [3.8, 4) is 11.5 Å². The molecule has 0 saturated heterocycles. The van der Waals surface area contributed by atoms with Gasteiger partial charge in [-0.05, 0) is 38.1 Å². The summed E-state index contributed by atoms with van der Waals surface area (Å²) < 4.78 is 15.9. The fraction of sp³-hybridized carbons (Fsp3) is 0.182. The van der Waals surface area contributed by atoms with E-state index in [1.54, 1.807) is 24.3 Å². The van der Waals surface area contributed by atoms with E-state index in [9.17, 15) is 4.79 Å². The van der Waals surface area contributed by atoms with Crippen LogP contribution >= 0.6 is 23.4 Å². The van der Waals surface area contributed by atoms with E-state index < -0.39 is 5.97 Å². The minimum atomic E-state index is -0.467. The van der Waals surface area contributed by atoms with Crippen LogP contribution in [0.15, 0.2) is 62.5 Å². The van der Waals surface area contributed by atoms with E-state index in [0.29, 0.717) is 21.9 Å². The number of aryl methyl sites for hydroxylation is 2. The summed E-state index contributed by atoms with van der Waals surface area (Å²) >= 11 is 7.67. The highest BCUT2D eigenvalue weighted by molar-refractivity contribution is 7.98. The molecule has 0 fully saturated rings. The zero-order chi connectivity index (χ0) is 21.8. The average molecular weight is 456 g/mol. The molecule has 0 saturated carbocycles. The van der Waals surface area contributed by atoms with Crippen LogP contribution in [-0.2, 0) is 17.1 Å². The number of hydrogen-bond acceptors (Lipinski definition) is 8. The number of carbonyl (C=O) groups excluding carboxylic acids is 1. The van der Waals surface area contributed by atoms with Crippen LogP contribution in [0.1, 0.15) is 33.2 Å². The van der Waals surface area contributed by atoms with E-state index in [-0.39, 0.29) is 18.3 Å². The number of carbonyl (C=O) groups is 1. The third-order valence-electron chi connectivity index (χ3n) is 4.56. The molecular formula is C22H18ClN3O4S. The number of aromatic nitrogens is 3. The summed E-state index contributed by atoms with van der Waals surface area (Å²) in [6.07, 6.45) is 0. The fourth-order valence-electron chi connectivity index (χ4n) is 2.88. The smallest absolute Gasteiger partial charge is 0.339 e. The topological polar surface area (TPSA) is 91.2 Å². The van der Waals surface area contributed by atoms with Gasteiger partial charge in [0.05, 0.1) is 21.8 Å². The Morgan fingerprint density at radius 1 is 1.06 bits per heavy atom. The summed E-state index contributed by atoms with van der Waals surface area (Å²) in [5.74, 6) is 1.47. The summed E-state index contributed by atoms with van der Waals surface area (Å²) in [5, 5.41) is 8.33. The van der Waals surface area contributed by atoms with Gasteiger partial charge in [-0.2, -0.15) is 4.98 Å². The molecule has 0 aliphatic carbocycles. The molecule has 158 valence electrons. The first-order valence-corrected chi connectivity index (χ1v) is 10.8. The van der Waals surface area contributed by atoms with Gasteiger partial charge >= 0.3 is 5.97 Å². The lowest BCUT2D eigenvalue weighted by molar-refractivity contribution is 0.0455. The standard InChI is InChI=1S/C22H18ClN3O4S/c1-13-17(14(2)29-25-13)12-31-19-10-6-4-8-16(19)22(27)28-11-20-24-21(30-26-20)15-7-3-5-9-18(15)23/h3-10H,11-12H2,1-2H3. The van der Waals surface area contributed by atoms with Crippen molar-refractivity contribution in [2.24, 2.45) is 0 Å². The number of benzene rings is 2. The first kappa shape index (κ1) is 21.1. The summed E-state index contributed by atoms with van der Waals surface area (Å²) in [4.78, 5) is 17.8. The summed E-state index contributed by atoms with van der Waals surface area (Å²) in [5.41, 5.74) is 2.95. The normalized spacial score (nSPS) is 10.9. The molecule has 0 unspecified atom stereocenters. The van der Waals surface area contributed by atoms with Gasteiger partial charge in [0.15, 0.2) is 6.61 Å². The molecule has 4 aromatic rings. The van der Waals surface area contributed by atoms with Crippen molar-refractivity contribution in [3.05, 3.63) is 82.0 Å². The molecule has 4 rings (SSSR count). The van der Waals surface area contributed by atoms with Gasteiger partial charge in [0.25, 0.3) is 5.89 Å². The molecule has 0 bridgehead atoms. The third kappa shape index (κ3) is 4.81. The van der Waals surface area contributed by atoms with Gasteiger partial charge in [-0.3, -0.25) is 0 Å². The van der Waals surface area contributed by atoms with Gasteiger partial charge in [0.1, 0.15) is 5.76 Å². The van der Waals surface area contributed by atoms with Crippen LogP contribution in [0.25, 0.3) is 11.5 Å². The molecule has 7 nitrogen and oxygen atoms in total. The number of thioether (sulfide) groups is 1. The van der Waals surface area contributed by atoms with Crippen molar-refractivity contribution >= 4 is 29.3 Å². The lowest BCUT2D eigenvalue weighted by Gasteiger charge is -2.08. The minimum absolute atomic E-state index is 0.115. The number of ether oxygens (including phenoxy) is 1. The van der Waals surface area contributed by atoms with Gasteiger partial charge in [-0.25, -0.2) is 4.79 Å². The van der Waals surface area contributed by atoms with E-state index in [1.807, 2.05) is 38.1 Å². The predicted molar refractivity (Wildman–Crippen MR) is 116 cm³/mol. The molecule has 2 aromatic heterocycles. The Kier molecular flexibility index (Phi) is 6.39. The molecule has 0 aliphatic heterocycles. The Morgan fingerprint density at radius 3 is 2.61 bits per heavy atom. The number of nitrogens with zero attached hydrogens (tertiary/aromatic N) is 3. The summed E-state index contributed by atoms with van der Waals surface area (Å²) in [6, 6.07) is 14.4. The molecular weight excluding hydrogens is 438 g/mol. The second kappa shape index (κ2) is 9.36. The van der Waals surface area contributed by atoms with Crippen LogP contribution in [0.2, 0.25) is 5.02 Å². The molecule has 2 heterocycles. The second-order valence-electron chi connectivity index (χ2n) is 6.66. The van der Waals surface area contributed by atoms with Crippen LogP contribution in [0.4, 0.5) is 0 Å². The maximum absolute atomic E-state index is 12.7. The zero-order valence-electron chi connectivity index (χ0n) is 16.8. The van der Waals surface area contributed by atoms with E-state index in [4.69, 9.17) is 25.4 Å². The van der Waals surface area contributed by atoms with Crippen molar-refractivity contribution in [1.82, 2.24) is 15.3 Å². The van der Waals surface area contributed by atoms with Gasteiger partial charge < -0.3 is 13.8 Å². The molecule has 0 spiro atoms. The number of hydrogen-bond donors (Lipinski definition) is 0. The van der Waals surface area contributed by atoms with Crippen molar-refractivity contribution in [2.45, 2.75) is 31.1 Å². The Balaban J connectivity index is 1.42. The highest BCUT2D eigenvalue weighted by Gasteiger charge is 2.17. The second-order valence-corrected chi connectivity index (χ2v) is 8.08. The fourth-order valence-corrected chi connectivity index (χ4v) is 4.29. The SMILES string of the molecule is Cc1noc(C)c1CSc1ccccc1C(=O)OCc1noc(-c2ccccc2Cl)n1. The maximum atomic E-state index is 12.7. The average Bonchev–Trinajstić information content (AvgIpc) is 3.37. The predicted octanol–water partition coefficient (Wildman–Crippen LogP) is 5.64. The van der Waals surface area contributed by atoms with Crippen LogP contribution in [0.3, 0.4) is 0 Å². The Morgan fingerprint density at radius 2 is 1.84 bits per heavy atom. The third-order valence-corrected chi connectivity index (χ3v) is 5.99. The van der Waals surface area contributed by atoms with Gasteiger partial charge in [0, 0.05) is 16.2 Å². The number of halogens is 1. The number of esters is 1. The number of rotatable bonds is 7. The highest BCUT2D eigenvalue weighted by atomic mass is 35.5. The molecule has 31 heavy (non-hydrogen) atoms. The van der Waals surface area contributed by atoms with E-state index >= 15 is 0 Å². The van der Waals surface area contributed by atoms with Gasteiger partial charge in [0.2, 0.25) is 5.82 Å². The van der Waals surface area contributed by atoms with E-state index in [2.05, 4.69) is 15.3 Å². The lowest BCUT2D eigenvalue weighted by atomic mass is 10.2. The van der Waals surface area contributed by atoms with Crippen LogP contribution in [0.5, 0.6) is 0 Å². The van der Waals surface area contributed by atoms with Crippen molar-refractivity contribution in [2.75, 3.05) is 0 Å². The monoisotopic (exact) mass is 455 g/mol. The highest BCUT2D eigenvalue weighted by Crippen LogP contribution is 2.29. The summed E-state index contributed by atoms with van der Waals surface area (Å²) in [7, 11) is 0. The van der Waals surface area contributed by atoms with Gasteiger partial charge in [-0.1, -0.05) is 46.2 Å². The van der Waals surface area contributed by atoms with Crippen LogP contribution in [0, 0.1) is 13.8 Å². The maximum Gasteiger partial charge on any atom is 0.339 e. The molecule has 0 amide bonds. The quantitative estimate of drug-likeness (QED) is 0.261. The molecule has 0 aliphatic rings. The first-order chi connectivity index (χ1) is 15.0. The van der Waals surface area contributed by atoms with Crippen molar-refractivity contribution in [1.29, 1.82) is 0 Å². The summed E-state index contributed by atoms with van der Waals surface area (Å²) in [6.45, 7) is 3.65. The van der Waals surface area contributed by atoms with E-state index in [1.165, 1.54) is 11.8 Å². The van der Waals surface area contributed by atoms with E-state index in [0.717, 1.165) is 21.9 Å². The molecule has 9 heteroatoms. The van der Waals surface area contributed by atoms with Crippen molar-refractivity contribution in [3.63, 3.8) is 0 Å². The largest absolute Gasteiger partial charge is 0.454 e. The lowest BCUT2D eigenvalue weighted by Crippen LogP contribution is -2.07. The molecule has 0 atom stereocenters. The van der Waals surface area contributed by atoms with Gasteiger partial charge in [-0.15, -0.1) is 11.8 Å². The Hall–Kier alpha value is -3.10. The Bertz CT molecular complexity index is 1200. The molecule has 2 aromatic carbocycles. The Labute approximate surface area is 187 Å². The minimum Gasteiger partial charge on any atom is -0.454 e. The first-order valence-electron chi connectivity index (χ1n) is 9.41. The molecule has 0 radical (unpaired) electrons. The van der Waals surface area contributed by atoms with Crippen LogP contribution in [-0.4, -0.2) is 21.3 Å². The molecule has 0 N–H and O–H groups in total.